The van der Waals surface area contributed by atoms with Gasteiger partial charge >= 0.3 is 0 Å². The number of amides is 1. The number of ether oxygens (including phenoxy) is 1. The third-order valence-electron chi connectivity index (χ3n) is 5.94. The molecule has 0 bridgehead atoms. The lowest BCUT2D eigenvalue weighted by Crippen LogP contribution is -2.54. The van der Waals surface area contributed by atoms with Gasteiger partial charge in [0.1, 0.15) is 5.82 Å². The standard InChI is InChI=1S/C18H27N5O2/c1-13-11-15(21-17(19)20-13)22-8-6-18(12-22)5-2-7-23(16(18)24)14-3-9-25-10-4-14/h11,14H,2-10,12H2,1H3,(H2,19,20,21)/t18-/m0/s1. The molecule has 3 aliphatic heterocycles. The summed E-state index contributed by atoms with van der Waals surface area (Å²) in [6, 6.07) is 2.31. The second kappa shape index (κ2) is 6.44. The Bertz CT molecular complexity index is 641. The van der Waals surface area contributed by atoms with E-state index >= 15 is 0 Å². The van der Waals surface area contributed by atoms with Crippen molar-refractivity contribution in [2.45, 2.75) is 45.1 Å². The molecule has 0 unspecified atom stereocenters. The Kier molecular flexibility index (Phi) is 4.27. The number of aromatic nitrogens is 2. The summed E-state index contributed by atoms with van der Waals surface area (Å²) in [5, 5.41) is 0. The van der Waals surface area contributed by atoms with Crippen molar-refractivity contribution in [3.8, 4) is 0 Å². The molecule has 2 N–H and O–H groups in total. The molecule has 0 aromatic carbocycles. The van der Waals surface area contributed by atoms with E-state index in [1.54, 1.807) is 0 Å². The lowest BCUT2D eigenvalue weighted by molar-refractivity contribution is -0.149. The molecule has 1 atom stereocenters. The zero-order valence-electron chi connectivity index (χ0n) is 14.9. The van der Waals surface area contributed by atoms with Crippen LogP contribution >= 0.6 is 0 Å². The minimum absolute atomic E-state index is 0.260. The van der Waals surface area contributed by atoms with Crippen LogP contribution in [0.2, 0.25) is 0 Å². The Labute approximate surface area is 148 Å². The summed E-state index contributed by atoms with van der Waals surface area (Å²) >= 11 is 0. The van der Waals surface area contributed by atoms with E-state index in [-0.39, 0.29) is 5.41 Å². The number of hydrogen-bond acceptors (Lipinski definition) is 6. The SMILES string of the molecule is Cc1cc(N2CC[C@@]3(CCCN(C4CCOCC4)C3=O)C2)nc(N)n1. The summed E-state index contributed by atoms with van der Waals surface area (Å²) in [5.41, 5.74) is 6.41. The van der Waals surface area contributed by atoms with Crippen LogP contribution < -0.4 is 10.6 Å². The van der Waals surface area contributed by atoms with E-state index in [1.807, 2.05) is 13.0 Å². The lowest BCUT2D eigenvalue weighted by Gasteiger charge is -2.44. The summed E-state index contributed by atoms with van der Waals surface area (Å²) in [5.74, 6) is 1.49. The zero-order valence-corrected chi connectivity index (χ0v) is 14.9. The van der Waals surface area contributed by atoms with Crippen LogP contribution in [0.1, 0.15) is 37.8 Å². The molecule has 4 heterocycles. The van der Waals surface area contributed by atoms with Crippen molar-refractivity contribution in [1.29, 1.82) is 0 Å². The highest BCUT2D eigenvalue weighted by Gasteiger charge is 2.50. The maximum Gasteiger partial charge on any atom is 0.230 e. The minimum atomic E-state index is -0.260. The first kappa shape index (κ1) is 16.6. The van der Waals surface area contributed by atoms with Crippen molar-refractivity contribution in [3.63, 3.8) is 0 Å². The van der Waals surface area contributed by atoms with Gasteiger partial charge < -0.3 is 20.3 Å². The number of likely N-dealkylation sites (tertiary alicyclic amines) is 1. The molecule has 25 heavy (non-hydrogen) atoms. The molecule has 1 amide bonds. The summed E-state index contributed by atoms with van der Waals surface area (Å²) in [4.78, 5) is 26.2. The van der Waals surface area contributed by atoms with Crippen molar-refractivity contribution in [2.24, 2.45) is 5.41 Å². The van der Waals surface area contributed by atoms with Gasteiger partial charge in [-0.15, -0.1) is 0 Å². The molecule has 7 nitrogen and oxygen atoms in total. The molecule has 0 saturated carbocycles. The molecule has 3 fully saturated rings. The molecular formula is C18H27N5O2. The average molecular weight is 345 g/mol. The van der Waals surface area contributed by atoms with Crippen molar-refractivity contribution in [1.82, 2.24) is 14.9 Å². The molecule has 3 saturated heterocycles. The van der Waals surface area contributed by atoms with Gasteiger partial charge in [0.15, 0.2) is 0 Å². The quantitative estimate of drug-likeness (QED) is 0.871. The van der Waals surface area contributed by atoms with E-state index in [1.165, 1.54) is 0 Å². The number of rotatable bonds is 2. The fourth-order valence-corrected chi connectivity index (χ4v) is 4.63. The molecule has 1 aromatic heterocycles. The van der Waals surface area contributed by atoms with E-state index in [9.17, 15) is 4.79 Å². The largest absolute Gasteiger partial charge is 0.381 e. The Balaban J connectivity index is 1.52. The first-order valence-corrected chi connectivity index (χ1v) is 9.32. The van der Waals surface area contributed by atoms with Crippen LogP contribution in [0, 0.1) is 12.3 Å². The first-order chi connectivity index (χ1) is 12.1. The maximum atomic E-state index is 13.4. The first-order valence-electron chi connectivity index (χ1n) is 9.32. The summed E-state index contributed by atoms with van der Waals surface area (Å²) < 4.78 is 5.47. The Morgan fingerprint density at radius 2 is 2.04 bits per heavy atom. The van der Waals surface area contributed by atoms with E-state index in [2.05, 4.69) is 19.8 Å². The maximum absolute atomic E-state index is 13.4. The number of nitrogen functional groups attached to an aromatic ring is 1. The number of nitrogens with two attached hydrogens (primary N) is 1. The van der Waals surface area contributed by atoms with Crippen molar-refractivity contribution < 1.29 is 9.53 Å². The number of anilines is 2. The molecule has 3 aliphatic rings. The van der Waals surface area contributed by atoms with Crippen LogP contribution in [-0.4, -0.2) is 59.7 Å². The zero-order chi connectivity index (χ0) is 17.4. The van der Waals surface area contributed by atoms with E-state index < -0.39 is 0 Å². The van der Waals surface area contributed by atoms with Crippen LogP contribution in [0.25, 0.3) is 0 Å². The molecule has 1 aromatic rings. The Morgan fingerprint density at radius 3 is 2.80 bits per heavy atom. The van der Waals surface area contributed by atoms with Crippen LogP contribution in [0.4, 0.5) is 11.8 Å². The summed E-state index contributed by atoms with van der Waals surface area (Å²) in [6.45, 7) is 5.95. The number of hydrogen-bond donors (Lipinski definition) is 1. The van der Waals surface area contributed by atoms with E-state index in [4.69, 9.17) is 10.5 Å². The third-order valence-corrected chi connectivity index (χ3v) is 5.94. The molecule has 0 radical (unpaired) electrons. The second-order valence-corrected chi connectivity index (χ2v) is 7.62. The molecule has 1 spiro atoms. The van der Waals surface area contributed by atoms with E-state index in [0.717, 1.165) is 76.5 Å². The van der Waals surface area contributed by atoms with Gasteiger partial charge in [-0.05, 0) is 39.0 Å². The highest BCUT2D eigenvalue weighted by molar-refractivity contribution is 5.85. The monoisotopic (exact) mass is 345 g/mol. The van der Waals surface area contributed by atoms with Gasteiger partial charge in [0.2, 0.25) is 11.9 Å². The van der Waals surface area contributed by atoms with E-state index in [0.29, 0.717) is 17.9 Å². The van der Waals surface area contributed by atoms with Gasteiger partial charge in [0, 0.05) is 50.7 Å². The number of piperidine rings is 1. The smallest absolute Gasteiger partial charge is 0.230 e. The Morgan fingerprint density at radius 1 is 1.24 bits per heavy atom. The topological polar surface area (TPSA) is 84.6 Å². The lowest BCUT2D eigenvalue weighted by atomic mass is 9.77. The van der Waals surface area contributed by atoms with Crippen LogP contribution in [-0.2, 0) is 9.53 Å². The van der Waals surface area contributed by atoms with Crippen molar-refractivity contribution in [2.75, 3.05) is 43.5 Å². The highest BCUT2D eigenvalue weighted by Crippen LogP contribution is 2.42. The number of aryl methyl sites for hydroxylation is 1. The number of carbonyl (C=O) groups is 1. The van der Waals surface area contributed by atoms with Gasteiger partial charge in [0.05, 0.1) is 5.41 Å². The molecule has 0 aliphatic carbocycles. The normalized spacial score (nSPS) is 28.1. The fraction of sp³-hybridized carbons (Fsp3) is 0.722. The number of carbonyl (C=O) groups excluding carboxylic acids is 1. The van der Waals surface area contributed by atoms with Crippen molar-refractivity contribution >= 4 is 17.7 Å². The second-order valence-electron chi connectivity index (χ2n) is 7.62. The highest BCUT2D eigenvalue weighted by atomic mass is 16.5. The Hall–Kier alpha value is -1.89. The molecule has 7 heteroatoms. The van der Waals surface area contributed by atoms with Crippen LogP contribution in [0.5, 0.6) is 0 Å². The minimum Gasteiger partial charge on any atom is -0.381 e. The average Bonchev–Trinajstić information content (AvgIpc) is 3.03. The predicted molar refractivity (Wildman–Crippen MR) is 95.2 cm³/mol. The van der Waals surface area contributed by atoms with Crippen LogP contribution in [0.3, 0.4) is 0 Å². The number of nitrogens with zero attached hydrogens (tertiary/aromatic N) is 4. The third kappa shape index (κ3) is 3.05. The molecule has 136 valence electrons. The fourth-order valence-electron chi connectivity index (χ4n) is 4.63. The molecular weight excluding hydrogens is 318 g/mol. The van der Waals surface area contributed by atoms with Gasteiger partial charge in [0.25, 0.3) is 0 Å². The van der Waals surface area contributed by atoms with Gasteiger partial charge in [-0.2, -0.15) is 4.98 Å². The summed E-state index contributed by atoms with van der Waals surface area (Å²) in [7, 11) is 0. The van der Waals surface area contributed by atoms with Crippen molar-refractivity contribution in [3.05, 3.63) is 11.8 Å². The van der Waals surface area contributed by atoms with Gasteiger partial charge in [-0.25, -0.2) is 4.98 Å². The summed E-state index contributed by atoms with van der Waals surface area (Å²) in [6.07, 6.45) is 4.89. The van der Waals surface area contributed by atoms with Crippen LogP contribution in [0.15, 0.2) is 6.07 Å². The molecule has 4 rings (SSSR count). The van der Waals surface area contributed by atoms with Gasteiger partial charge in [-0.3, -0.25) is 4.79 Å². The van der Waals surface area contributed by atoms with Gasteiger partial charge in [-0.1, -0.05) is 0 Å². The predicted octanol–water partition coefficient (Wildman–Crippen LogP) is 1.37.